The maximum absolute atomic E-state index is 12.0. The predicted octanol–water partition coefficient (Wildman–Crippen LogP) is 2.92. The second-order valence-electron chi connectivity index (χ2n) is 4.60. The molecule has 0 bridgehead atoms. The van der Waals surface area contributed by atoms with Gasteiger partial charge in [-0.25, -0.2) is 8.42 Å². The van der Waals surface area contributed by atoms with Gasteiger partial charge in [0.1, 0.15) is 12.4 Å². The number of nitrogens with two attached hydrogens (primary N) is 1. The molecule has 0 aliphatic rings. The zero-order valence-corrected chi connectivity index (χ0v) is 12.9. The van der Waals surface area contributed by atoms with E-state index in [0.717, 1.165) is 0 Å². The molecular formula is C15H16ClNO3S. The van der Waals surface area contributed by atoms with Gasteiger partial charge in [0.15, 0.2) is 9.84 Å². The Balaban J connectivity index is 1.90. The van der Waals surface area contributed by atoms with Crippen LogP contribution in [0.2, 0.25) is 5.02 Å². The van der Waals surface area contributed by atoms with Gasteiger partial charge in [-0.1, -0.05) is 29.8 Å². The van der Waals surface area contributed by atoms with Crippen molar-refractivity contribution in [2.24, 2.45) is 0 Å². The molecule has 112 valence electrons. The lowest BCUT2D eigenvalue weighted by molar-refractivity contribution is 0.341. The Kier molecular flexibility index (Phi) is 5.09. The monoisotopic (exact) mass is 325 g/mol. The molecule has 0 heterocycles. The third kappa shape index (κ3) is 4.95. The molecule has 2 rings (SSSR count). The summed E-state index contributed by atoms with van der Waals surface area (Å²) >= 11 is 5.97. The lowest BCUT2D eigenvalue weighted by Gasteiger charge is -2.08. The Labute approximate surface area is 129 Å². The van der Waals surface area contributed by atoms with E-state index >= 15 is 0 Å². The van der Waals surface area contributed by atoms with Crippen LogP contribution in [0, 0.1) is 0 Å². The summed E-state index contributed by atoms with van der Waals surface area (Å²) in [6.45, 7) is 0.0940. The van der Waals surface area contributed by atoms with Crippen molar-refractivity contribution < 1.29 is 13.2 Å². The van der Waals surface area contributed by atoms with Gasteiger partial charge in [0, 0.05) is 10.7 Å². The number of rotatable bonds is 6. The summed E-state index contributed by atoms with van der Waals surface area (Å²) in [5.74, 6) is 0.442. The summed E-state index contributed by atoms with van der Waals surface area (Å²) in [6.07, 6.45) is 0. The van der Waals surface area contributed by atoms with Crippen molar-refractivity contribution in [3.05, 3.63) is 59.1 Å². The average molecular weight is 326 g/mol. The third-order valence-corrected chi connectivity index (χ3v) is 4.78. The zero-order chi connectivity index (χ0) is 15.3. The number of halogens is 1. The van der Waals surface area contributed by atoms with Crippen LogP contribution in [-0.4, -0.2) is 20.8 Å². The van der Waals surface area contributed by atoms with Gasteiger partial charge in [-0.3, -0.25) is 0 Å². The van der Waals surface area contributed by atoms with Crippen molar-refractivity contribution in [2.45, 2.75) is 5.75 Å². The van der Waals surface area contributed by atoms with E-state index in [1.165, 1.54) is 0 Å². The molecular weight excluding hydrogens is 310 g/mol. The van der Waals surface area contributed by atoms with E-state index in [-0.39, 0.29) is 18.1 Å². The summed E-state index contributed by atoms with van der Waals surface area (Å²) < 4.78 is 29.5. The van der Waals surface area contributed by atoms with Crippen LogP contribution in [0.3, 0.4) is 0 Å². The first-order chi connectivity index (χ1) is 9.96. The van der Waals surface area contributed by atoms with Crippen LogP contribution in [0.25, 0.3) is 0 Å². The second kappa shape index (κ2) is 6.83. The van der Waals surface area contributed by atoms with Gasteiger partial charge in [0.05, 0.1) is 11.5 Å². The van der Waals surface area contributed by atoms with Crippen molar-refractivity contribution in [3.8, 4) is 5.75 Å². The molecule has 0 unspecified atom stereocenters. The number of hydrogen-bond donors (Lipinski definition) is 1. The molecule has 2 N–H and O–H groups in total. The maximum atomic E-state index is 12.0. The van der Waals surface area contributed by atoms with Gasteiger partial charge in [-0.2, -0.15) is 0 Å². The minimum atomic E-state index is -3.27. The third-order valence-electron chi connectivity index (χ3n) is 2.88. The van der Waals surface area contributed by atoms with E-state index in [1.54, 1.807) is 48.5 Å². The Morgan fingerprint density at radius 3 is 2.38 bits per heavy atom. The minimum absolute atomic E-state index is 0.0669. The Hall–Kier alpha value is -1.72. The van der Waals surface area contributed by atoms with Gasteiger partial charge in [0.25, 0.3) is 0 Å². The first-order valence-electron chi connectivity index (χ1n) is 6.38. The predicted molar refractivity (Wildman–Crippen MR) is 85.3 cm³/mol. The largest absolute Gasteiger partial charge is 0.493 e. The Bertz CT molecular complexity index is 699. The van der Waals surface area contributed by atoms with Crippen LogP contribution in [0.5, 0.6) is 5.75 Å². The quantitative estimate of drug-likeness (QED) is 0.829. The normalized spacial score (nSPS) is 11.3. The molecule has 2 aromatic carbocycles. The highest BCUT2D eigenvalue weighted by Crippen LogP contribution is 2.18. The first kappa shape index (κ1) is 15.7. The lowest BCUT2D eigenvalue weighted by Crippen LogP contribution is -2.16. The molecule has 0 aliphatic carbocycles. The SMILES string of the molecule is Nc1ccc(OCCS(=O)(=O)Cc2ccccc2Cl)cc1. The Morgan fingerprint density at radius 1 is 1.05 bits per heavy atom. The van der Waals surface area contributed by atoms with Crippen molar-refractivity contribution in [1.29, 1.82) is 0 Å². The smallest absolute Gasteiger partial charge is 0.157 e. The van der Waals surface area contributed by atoms with Crippen LogP contribution >= 0.6 is 11.6 Å². The highest BCUT2D eigenvalue weighted by molar-refractivity contribution is 7.90. The van der Waals surface area contributed by atoms with Gasteiger partial charge in [0.2, 0.25) is 0 Å². The maximum Gasteiger partial charge on any atom is 0.157 e. The van der Waals surface area contributed by atoms with E-state index in [2.05, 4.69) is 0 Å². The van der Waals surface area contributed by atoms with Gasteiger partial charge in [-0.05, 0) is 35.9 Å². The molecule has 0 radical (unpaired) electrons. The summed E-state index contributed by atoms with van der Waals surface area (Å²) in [4.78, 5) is 0. The van der Waals surface area contributed by atoms with Crippen molar-refractivity contribution in [3.63, 3.8) is 0 Å². The van der Waals surface area contributed by atoms with Crippen LogP contribution in [0.15, 0.2) is 48.5 Å². The molecule has 0 saturated heterocycles. The molecule has 0 fully saturated rings. The highest BCUT2D eigenvalue weighted by Gasteiger charge is 2.14. The standard InChI is InChI=1S/C15H16ClNO3S/c16-15-4-2-1-3-12(15)11-21(18,19)10-9-20-14-7-5-13(17)6-8-14/h1-8H,9-11,17H2. The topological polar surface area (TPSA) is 69.4 Å². The molecule has 0 saturated carbocycles. The fraction of sp³-hybridized carbons (Fsp3) is 0.200. The van der Waals surface area contributed by atoms with Crippen LogP contribution < -0.4 is 10.5 Å². The lowest BCUT2D eigenvalue weighted by atomic mass is 10.2. The zero-order valence-electron chi connectivity index (χ0n) is 11.3. The molecule has 0 atom stereocenters. The minimum Gasteiger partial charge on any atom is -0.493 e. The summed E-state index contributed by atoms with van der Waals surface area (Å²) in [5.41, 5.74) is 6.80. The first-order valence-corrected chi connectivity index (χ1v) is 8.58. The number of hydrogen-bond acceptors (Lipinski definition) is 4. The van der Waals surface area contributed by atoms with E-state index in [9.17, 15) is 8.42 Å². The molecule has 21 heavy (non-hydrogen) atoms. The number of ether oxygens (including phenoxy) is 1. The number of sulfone groups is 1. The van der Waals surface area contributed by atoms with Crippen LogP contribution in [0.4, 0.5) is 5.69 Å². The molecule has 0 aromatic heterocycles. The summed E-state index contributed by atoms with van der Waals surface area (Å²) in [6, 6.07) is 13.7. The number of nitrogen functional groups attached to an aromatic ring is 1. The van der Waals surface area contributed by atoms with Crippen molar-refractivity contribution >= 4 is 27.1 Å². The van der Waals surface area contributed by atoms with Crippen molar-refractivity contribution in [2.75, 3.05) is 18.1 Å². The summed E-state index contributed by atoms with van der Waals surface area (Å²) in [5, 5.41) is 0.459. The average Bonchev–Trinajstić information content (AvgIpc) is 2.43. The molecule has 4 nitrogen and oxygen atoms in total. The van der Waals surface area contributed by atoms with E-state index in [0.29, 0.717) is 22.0 Å². The van der Waals surface area contributed by atoms with Gasteiger partial charge >= 0.3 is 0 Å². The molecule has 0 amide bonds. The molecule has 6 heteroatoms. The van der Waals surface area contributed by atoms with E-state index in [4.69, 9.17) is 22.1 Å². The highest BCUT2D eigenvalue weighted by atomic mass is 35.5. The summed E-state index contributed by atoms with van der Waals surface area (Å²) in [7, 11) is -3.27. The van der Waals surface area contributed by atoms with E-state index < -0.39 is 9.84 Å². The second-order valence-corrected chi connectivity index (χ2v) is 7.19. The van der Waals surface area contributed by atoms with Crippen LogP contribution in [0.1, 0.15) is 5.56 Å². The number of anilines is 1. The fourth-order valence-electron chi connectivity index (χ4n) is 1.78. The van der Waals surface area contributed by atoms with Gasteiger partial charge < -0.3 is 10.5 Å². The van der Waals surface area contributed by atoms with Crippen molar-refractivity contribution in [1.82, 2.24) is 0 Å². The molecule has 0 aliphatic heterocycles. The molecule has 0 spiro atoms. The van der Waals surface area contributed by atoms with E-state index in [1.807, 2.05) is 0 Å². The molecule has 2 aromatic rings. The number of benzene rings is 2. The Morgan fingerprint density at radius 2 is 1.71 bits per heavy atom. The van der Waals surface area contributed by atoms with Gasteiger partial charge in [-0.15, -0.1) is 0 Å². The fourth-order valence-corrected chi connectivity index (χ4v) is 3.26. The van der Waals surface area contributed by atoms with Crippen LogP contribution in [-0.2, 0) is 15.6 Å².